The quantitative estimate of drug-likeness (QED) is 0.571. The van der Waals surface area contributed by atoms with Crippen molar-refractivity contribution in [3.8, 4) is 0 Å². The van der Waals surface area contributed by atoms with Crippen LogP contribution in [0, 0.1) is 0 Å². The molecule has 0 bridgehead atoms. The van der Waals surface area contributed by atoms with Crippen LogP contribution in [0.2, 0.25) is 0 Å². The van der Waals surface area contributed by atoms with Gasteiger partial charge in [-0.15, -0.1) is 0 Å². The van der Waals surface area contributed by atoms with Crippen molar-refractivity contribution >= 4 is 7.12 Å². The van der Waals surface area contributed by atoms with Gasteiger partial charge in [-0.3, -0.25) is 0 Å². The van der Waals surface area contributed by atoms with Gasteiger partial charge >= 0.3 is 7.12 Å². The first-order chi connectivity index (χ1) is 9.72. The first kappa shape index (κ1) is 18.0. The molecule has 0 saturated carbocycles. The van der Waals surface area contributed by atoms with Gasteiger partial charge in [0.2, 0.25) is 0 Å². The number of unbranched alkanes of at least 4 members (excludes halogenated alkanes) is 1. The van der Waals surface area contributed by atoms with Crippen LogP contribution in [0.15, 0.2) is 42.4 Å². The van der Waals surface area contributed by atoms with Crippen LogP contribution >= 0.6 is 0 Å². The first-order valence-electron chi connectivity index (χ1n) is 7.51. The molecule has 1 aromatic rings. The van der Waals surface area contributed by atoms with E-state index in [4.69, 9.17) is 4.65 Å². The normalized spacial score (nSPS) is 12.9. The summed E-state index contributed by atoms with van der Waals surface area (Å²) in [6, 6.07) is 10.3. The van der Waals surface area contributed by atoms with Crippen molar-refractivity contribution in [1.82, 2.24) is 0 Å². The molecule has 21 heavy (non-hydrogen) atoms. The molecule has 0 aliphatic heterocycles. The van der Waals surface area contributed by atoms with Gasteiger partial charge in [-0.05, 0) is 52.5 Å². The molecule has 0 unspecified atom stereocenters. The largest absolute Gasteiger partial charge is 0.483 e. The third-order valence-corrected chi connectivity index (χ3v) is 3.87. The molecule has 1 rings (SSSR count). The van der Waals surface area contributed by atoms with Crippen molar-refractivity contribution in [2.75, 3.05) is 0 Å². The molecule has 1 aromatic carbocycles. The van der Waals surface area contributed by atoms with Crippen LogP contribution in [0.5, 0.6) is 0 Å². The lowest BCUT2D eigenvalue weighted by molar-refractivity contribution is -0.0984. The summed E-state index contributed by atoms with van der Waals surface area (Å²) in [6.07, 6.45) is 4.87. The van der Waals surface area contributed by atoms with E-state index in [1.165, 1.54) is 5.56 Å². The van der Waals surface area contributed by atoms with Crippen molar-refractivity contribution < 1.29 is 14.8 Å². The Kier molecular flexibility index (Phi) is 6.65. The van der Waals surface area contributed by atoms with Crippen LogP contribution in [0.1, 0.15) is 46.1 Å². The second kappa shape index (κ2) is 7.78. The van der Waals surface area contributed by atoms with E-state index in [0.717, 1.165) is 19.3 Å². The Morgan fingerprint density at radius 1 is 1.14 bits per heavy atom. The van der Waals surface area contributed by atoms with Crippen molar-refractivity contribution in [3.63, 3.8) is 0 Å². The lowest BCUT2D eigenvalue weighted by Crippen LogP contribution is -2.50. The molecular weight excluding hydrogens is 263 g/mol. The van der Waals surface area contributed by atoms with Crippen molar-refractivity contribution in [2.45, 2.75) is 58.2 Å². The Bertz CT molecular complexity index is 435. The Morgan fingerprint density at radius 2 is 1.76 bits per heavy atom. The zero-order chi connectivity index (χ0) is 15.9. The summed E-state index contributed by atoms with van der Waals surface area (Å²) in [5.74, 6) is 1.64. The van der Waals surface area contributed by atoms with Gasteiger partial charge < -0.3 is 14.8 Å². The van der Waals surface area contributed by atoms with E-state index < -0.39 is 18.3 Å². The van der Waals surface area contributed by atoms with Crippen molar-refractivity contribution in [2.24, 2.45) is 0 Å². The standard InChI is InChI=1S/C17H27BO3/c1-16(2,19)17(3,4)21-18(20)14-10-6-9-13-15-11-7-5-8-12-15/h5,7-8,10-12,14,19-20H,6,9,13H2,1-4H3. The summed E-state index contributed by atoms with van der Waals surface area (Å²) in [5.41, 5.74) is -0.513. The molecule has 0 heterocycles. The van der Waals surface area contributed by atoms with Crippen LogP contribution in [-0.2, 0) is 11.1 Å². The Balaban J connectivity index is 2.30. The maximum Gasteiger partial charge on any atom is 0.483 e. The summed E-state index contributed by atoms with van der Waals surface area (Å²) < 4.78 is 5.49. The van der Waals surface area contributed by atoms with E-state index in [-0.39, 0.29) is 0 Å². The average molecular weight is 290 g/mol. The van der Waals surface area contributed by atoms with Crippen LogP contribution in [0.25, 0.3) is 0 Å². The molecule has 3 nitrogen and oxygen atoms in total. The van der Waals surface area contributed by atoms with Crippen LogP contribution in [0.4, 0.5) is 0 Å². The minimum atomic E-state index is -1.02. The van der Waals surface area contributed by atoms with E-state index in [9.17, 15) is 10.1 Å². The van der Waals surface area contributed by atoms with Gasteiger partial charge in [0, 0.05) is 0 Å². The van der Waals surface area contributed by atoms with E-state index >= 15 is 0 Å². The van der Waals surface area contributed by atoms with Crippen LogP contribution in [0.3, 0.4) is 0 Å². The van der Waals surface area contributed by atoms with Crippen molar-refractivity contribution in [3.05, 3.63) is 47.9 Å². The summed E-state index contributed by atoms with van der Waals surface area (Å²) in [7, 11) is -0.997. The summed E-state index contributed by atoms with van der Waals surface area (Å²) >= 11 is 0. The van der Waals surface area contributed by atoms with E-state index in [1.807, 2.05) is 24.3 Å². The molecule has 0 radical (unpaired) electrons. The molecule has 0 aliphatic carbocycles. The molecule has 0 spiro atoms. The Hall–Kier alpha value is -1.10. The van der Waals surface area contributed by atoms with E-state index in [1.54, 1.807) is 33.7 Å². The topological polar surface area (TPSA) is 49.7 Å². The number of rotatable bonds is 8. The zero-order valence-corrected chi connectivity index (χ0v) is 13.5. The predicted octanol–water partition coefficient (Wildman–Crippen LogP) is 3.15. The number of allylic oxidation sites excluding steroid dienone is 1. The summed E-state index contributed by atoms with van der Waals surface area (Å²) in [4.78, 5) is 0. The highest BCUT2D eigenvalue weighted by atomic mass is 16.5. The molecule has 0 aliphatic rings. The molecule has 0 aromatic heterocycles. The highest BCUT2D eigenvalue weighted by Crippen LogP contribution is 2.25. The number of aliphatic hydroxyl groups is 1. The fourth-order valence-corrected chi connectivity index (χ4v) is 1.77. The predicted molar refractivity (Wildman–Crippen MR) is 88.0 cm³/mol. The average Bonchev–Trinajstić information content (AvgIpc) is 2.37. The first-order valence-corrected chi connectivity index (χ1v) is 7.51. The second-order valence-corrected chi connectivity index (χ2v) is 6.38. The number of benzene rings is 1. The number of aryl methyl sites for hydroxylation is 1. The van der Waals surface area contributed by atoms with E-state index in [2.05, 4.69) is 12.1 Å². The summed E-state index contributed by atoms with van der Waals surface area (Å²) in [5, 5.41) is 19.8. The third kappa shape index (κ3) is 6.47. The molecule has 0 saturated heterocycles. The Labute approximate surface area is 128 Å². The van der Waals surface area contributed by atoms with Crippen LogP contribution in [-0.4, -0.2) is 28.5 Å². The maximum atomic E-state index is 9.97. The molecule has 4 heteroatoms. The van der Waals surface area contributed by atoms with Crippen molar-refractivity contribution in [1.29, 1.82) is 0 Å². The number of hydrogen-bond acceptors (Lipinski definition) is 3. The molecular formula is C17H27BO3. The van der Waals surface area contributed by atoms with Gasteiger partial charge in [0.25, 0.3) is 0 Å². The molecule has 2 N–H and O–H groups in total. The van der Waals surface area contributed by atoms with E-state index in [0.29, 0.717) is 0 Å². The molecule has 0 fully saturated rings. The SMILES string of the molecule is CC(C)(O)C(C)(C)OB(O)C=CCCCc1ccccc1. The Morgan fingerprint density at radius 3 is 2.33 bits per heavy atom. The maximum absolute atomic E-state index is 9.97. The zero-order valence-electron chi connectivity index (χ0n) is 13.5. The molecule has 0 amide bonds. The van der Waals surface area contributed by atoms with Gasteiger partial charge in [-0.1, -0.05) is 42.4 Å². The lowest BCUT2D eigenvalue weighted by Gasteiger charge is -2.38. The minimum absolute atomic E-state index is 0.819. The van der Waals surface area contributed by atoms with Gasteiger partial charge in [-0.2, -0.15) is 0 Å². The molecule has 116 valence electrons. The highest BCUT2D eigenvalue weighted by molar-refractivity contribution is 6.49. The molecule has 0 atom stereocenters. The van der Waals surface area contributed by atoms with Gasteiger partial charge in [0.05, 0.1) is 11.2 Å². The second-order valence-electron chi connectivity index (χ2n) is 6.38. The van der Waals surface area contributed by atoms with Gasteiger partial charge in [0.15, 0.2) is 0 Å². The highest BCUT2D eigenvalue weighted by Gasteiger charge is 2.38. The minimum Gasteiger partial charge on any atom is -0.423 e. The lowest BCUT2D eigenvalue weighted by atomic mass is 9.83. The monoisotopic (exact) mass is 290 g/mol. The third-order valence-electron chi connectivity index (χ3n) is 3.87. The number of hydrogen-bond donors (Lipinski definition) is 2. The van der Waals surface area contributed by atoms with Crippen LogP contribution < -0.4 is 0 Å². The van der Waals surface area contributed by atoms with Gasteiger partial charge in [-0.25, -0.2) is 0 Å². The van der Waals surface area contributed by atoms with Gasteiger partial charge in [0.1, 0.15) is 0 Å². The fourth-order valence-electron chi connectivity index (χ4n) is 1.77. The smallest absolute Gasteiger partial charge is 0.423 e. The summed E-state index contributed by atoms with van der Waals surface area (Å²) in [6.45, 7) is 6.87. The fraction of sp³-hybridized carbons (Fsp3) is 0.529.